The van der Waals surface area contributed by atoms with E-state index in [1.54, 1.807) is 37.6 Å². The molecule has 1 N–H and O–H groups in total. The summed E-state index contributed by atoms with van der Waals surface area (Å²) in [6.45, 7) is 2.76. The van der Waals surface area contributed by atoms with E-state index in [4.69, 9.17) is 9.47 Å². The van der Waals surface area contributed by atoms with E-state index >= 15 is 0 Å². The minimum Gasteiger partial charge on any atom is -0.493 e. The molecule has 0 saturated carbocycles. The van der Waals surface area contributed by atoms with E-state index in [0.717, 1.165) is 5.56 Å². The Morgan fingerprint density at radius 2 is 1.90 bits per heavy atom. The lowest BCUT2D eigenvalue weighted by atomic mass is 10.2. The van der Waals surface area contributed by atoms with Gasteiger partial charge in [-0.05, 0) is 48.4 Å². The molecule has 1 heterocycles. The zero-order chi connectivity index (χ0) is 21.3. The van der Waals surface area contributed by atoms with Crippen molar-refractivity contribution in [3.05, 3.63) is 93.9 Å². The first-order valence-corrected chi connectivity index (χ1v) is 9.50. The van der Waals surface area contributed by atoms with Gasteiger partial charge in [0.1, 0.15) is 5.56 Å². The number of hydrazone groups is 1. The first-order chi connectivity index (χ1) is 14.6. The minimum atomic E-state index is -0.572. The molecule has 0 fully saturated rings. The Bertz CT molecular complexity index is 1090. The van der Waals surface area contributed by atoms with Crippen LogP contribution in [0.3, 0.4) is 0 Å². The third-order valence-electron chi connectivity index (χ3n) is 4.33. The van der Waals surface area contributed by atoms with Crippen LogP contribution in [0.1, 0.15) is 28.4 Å². The highest BCUT2D eigenvalue weighted by Gasteiger charge is 2.12. The molecule has 0 aliphatic carbocycles. The molecule has 3 aromatic rings. The average Bonchev–Trinajstić information content (AvgIpc) is 2.76. The highest BCUT2D eigenvalue weighted by Crippen LogP contribution is 2.27. The molecule has 0 unspecified atom stereocenters. The first kappa shape index (κ1) is 20.9. The Hall–Kier alpha value is -3.87. The lowest BCUT2D eigenvalue weighted by Crippen LogP contribution is -2.30. The molecule has 1 amide bonds. The predicted octanol–water partition coefficient (Wildman–Crippen LogP) is 3.07. The van der Waals surface area contributed by atoms with E-state index in [2.05, 4.69) is 10.5 Å². The fourth-order valence-corrected chi connectivity index (χ4v) is 2.88. The van der Waals surface area contributed by atoms with Gasteiger partial charge in [-0.15, -0.1) is 0 Å². The smallest absolute Gasteiger partial charge is 0.276 e. The van der Waals surface area contributed by atoms with Gasteiger partial charge in [-0.1, -0.05) is 30.3 Å². The second kappa shape index (κ2) is 10.1. The number of pyridine rings is 1. The molecular formula is C23H23N3O4. The van der Waals surface area contributed by atoms with Crippen LogP contribution in [0.4, 0.5) is 0 Å². The number of rotatable bonds is 8. The van der Waals surface area contributed by atoms with E-state index in [-0.39, 0.29) is 11.1 Å². The molecule has 0 saturated heterocycles. The summed E-state index contributed by atoms with van der Waals surface area (Å²) in [7, 11) is 1.57. The Balaban J connectivity index is 1.71. The molecule has 3 rings (SSSR count). The normalized spacial score (nSPS) is 10.7. The van der Waals surface area contributed by atoms with Crippen LogP contribution in [0.2, 0.25) is 0 Å². The van der Waals surface area contributed by atoms with Gasteiger partial charge in [-0.3, -0.25) is 9.59 Å². The number of nitrogens with zero attached hydrogens (tertiary/aromatic N) is 2. The molecule has 2 aromatic carbocycles. The van der Waals surface area contributed by atoms with Crippen LogP contribution in [0.25, 0.3) is 0 Å². The summed E-state index contributed by atoms with van der Waals surface area (Å²) in [5.74, 6) is 0.626. The molecule has 1 aromatic heterocycles. The van der Waals surface area contributed by atoms with Crippen LogP contribution < -0.4 is 20.5 Å². The second-order valence-corrected chi connectivity index (χ2v) is 6.38. The van der Waals surface area contributed by atoms with Crippen LogP contribution in [0.15, 0.2) is 76.8 Å². The number of carbonyl (C=O) groups excluding carboxylic acids is 1. The number of hydrogen-bond donors (Lipinski definition) is 1. The van der Waals surface area contributed by atoms with E-state index in [9.17, 15) is 9.59 Å². The largest absolute Gasteiger partial charge is 0.493 e. The SMILES string of the molecule is CCOc1cc(/C=N\NC(=O)c2cccn(Cc3ccccc3)c2=O)ccc1OC. The van der Waals surface area contributed by atoms with Crippen molar-refractivity contribution >= 4 is 12.1 Å². The number of carbonyl (C=O) groups is 1. The van der Waals surface area contributed by atoms with Crippen LogP contribution in [0, 0.1) is 0 Å². The van der Waals surface area contributed by atoms with Gasteiger partial charge >= 0.3 is 0 Å². The van der Waals surface area contributed by atoms with E-state index in [0.29, 0.717) is 30.2 Å². The zero-order valence-corrected chi connectivity index (χ0v) is 16.9. The summed E-state index contributed by atoms with van der Waals surface area (Å²) in [6.07, 6.45) is 3.13. The highest BCUT2D eigenvalue weighted by molar-refractivity contribution is 5.94. The second-order valence-electron chi connectivity index (χ2n) is 6.38. The molecule has 0 bridgehead atoms. The van der Waals surface area contributed by atoms with E-state index < -0.39 is 5.91 Å². The fraction of sp³-hybridized carbons (Fsp3) is 0.174. The van der Waals surface area contributed by atoms with Crippen molar-refractivity contribution < 1.29 is 14.3 Å². The number of nitrogens with one attached hydrogen (secondary N) is 1. The quantitative estimate of drug-likeness (QED) is 0.461. The summed E-state index contributed by atoms with van der Waals surface area (Å²) < 4.78 is 12.3. The highest BCUT2D eigenvalue weighted by atomic mass is 16.5. The third-order valence-corrected chi connectivity index (χ3v) is 4.33. The Kier molecular flexibility index (Phi) is 7.00. The van der Waals surface area contributed by atoms with Crippen molar-refractivity contribution in [2.24, 2.45) is 5.10 Å². The molecule has 0 aliphatic heterocycles. The molecule has 7 heteroatoms. The number of benzene rings is 2. The van der Waals surface area contributed by atoms with Crippen molar-refractivity contribution in [1.29, 1.82) is 0 Å². The summed E-state index contributed by atoms with van der Waals surface area (Å²) in [6, 6.07) is 18.0. The van der Waals surface area contributed by atoms with Crippen molar-refractivity contribution in [3.8, 4) is 11.5 Å². The van der Waals surface area contributed by atoms with Crippen LogP contribution >= 0.6 is 0 Å². The monoisotopic (exact) mass is 405 g/mol. The van der Waals surface area contributed by atoms with Gasteiger partial charge in [-0.25, -0.2) is 5.43 Å². The minimum absolute atomic E-state index is 0.0234. The van der Waals surface area contributed by atoms with E-state index in [1.807, 2.05) is 37.3 Å². The molecule has 7 nitrogen and oxygen atoms in total. The van der Waals surface area contributed by atoms with Crippen molar-refractivity contribution in [1.82, 2.24) is 9.99 Å². The molecule has 30 heavy (non-hydrogen) atoms. The molecule has 0 radical (unpaired) electrons. The number of aromatic nitrogens is 1. The van der Waals surface area contributed by atoms with E-state index in [1.165, 1.54) is 16.8 Å². The van der Waals surface area contributed by atoms with Crippen LogP contribution in [0.5, 0.6) is 11.5 Å². The number of ether oxygens (including phenoxy) is 2. The number of amides is 1. The van der Waals surface area contributed by atoms with Crippen molar-refractivity contribution in [3.63, 3.8) is 0 Å². The molecule has 154 valence electrons. The van der Waals surface area contributed by atoms with Crippen molar-refractivity contribution in [2.75, 3.05) is 13.7 Å². The number of hydrogen-bond acceptors (Lipinski definition) is 5. The summed E-state index contributed by atoms with van der Waals surface area (Å²) in [5.41, 5.74) is 3.74. The van der Waals surface area contributed by atoms with Crippen LogP contribution in [-0.4, -0.2) is 30.4 Å². The van der Waals surface area contributed by atoms with Gasteiger partial charge in [0, 0.05) is 6.20 Å². The zero-order valence-electron chi connectivity index (χ0n) is 16.9. The molecule has 0 spiro atoms. The van der Waals surface area contributed by atoms with Gasteiger partial charge in [-0.2, -0.15) is 5.10 Å². The van der Waals surface area contributed by atoms with Crippen molar-refractivity contribution in [2.45, 2.75) is 13.5 Å². The average molecular weight is 405 g/mol. The fourth-order valence-electron chi connectivity index (χ4n) is 2.88. The lowest BCUT2D eigenvalue weighted by Gasteiger charge is -2.09. The Morgan fingerprint density at radius 3 is 2.63 bits per heavy atom. The molecule has 0 atom stereocenters. The summed E-state index contributed by atoms with van der Waals surface area (Å²) >= 11 is 0. The third kappa shape index (κ3) is 5.14. The molecule has 0 aliphatic rings. The van der Waals surface area contributed by atoms with Gasteiger partial charge in [0.25, 0.3) is 11.5 Å². The van der Waals surface area contributed by atoms with Gasteiger partial charge < -0.3 is 14.0 Å². The van der Waals surface area contributed by atoms with Gasteiger partial charge in [0.15, 0.2) is 11.5 Å². The maximum Gasteiger partial charge on any atom is 0.276 e. The van der Waals surface area contributed by atoms with Crippen LogP contribution in [-0.2, 0) is 6.54 Å². The maximum atomic E-state index is 12.7. The summed E-state index contributed by atoms with van der Waals surface area (Å²) in [5, 5.41) is 3.96. The van der Waals surface area contributed by atoms with Gasteiger partial charge in [0.2, 0.25) is 0 Å². The lowest BCUT2D eigenvalue weighted by molar-refractivity contribution is 0.0953. The predicted molar refractivity (Wildman–Crippen MR) is 115 cm³/mol. The number of methoxy groups -OCH3 is 1. The molecular weight excluding hydrogens is 382 g/mol. The summed E-state index contributed by atoms with van der Waals surface area (Å²) in [4.78, 5) is 25.1. The first-order valence-electron chi connectivity index (χ1n) is 9.50. The maximum absolute atomic E-state index is 12.7. The topological polar surface area (TPSA) is 81.9 Å². The Labute approximate surface area is 174 Å². The Morgan fingerprint density at radius 1 is 1.10 bits per heavy atom. The van der Waals surface area contributed by atoms with Gasteiger partial charge in [0.05, 0.1) is 26.5 Å². The standard InChI is InChI=1S/C23H23N3O4/c1-3-30-21-14-18(11-12-20(21)29-2)15-24-25-22(27)19-10-7-13-26(23(19)28)16-17-8-5-4-6-9-17/h4-15H,3,16H2,1-2H3,(H,25,27)/b24-15-.